The maximum absolute atomic E-state index is 12.2. The third kappa shape index (κ3) is 3.71. The standard InChI is InChI=1S/C14H18N4OS/c1-2-7-16-12-6-4-3-5-11(12)13(19)17-8-10-9-20-14(15)18-10/h3-6,9,16H,2,7-8H2,1H3,(H2,15,18)(H,17,19). The molecule has 0 unspecified atom stereocenters. The van der Waals surface area contributed by atoms with Crippen molar-refractivity contribution in [2.75, 3.05) is 17.6 Å². The molecule has 0 aliphatic heterocycles. The van der Waals surface area contributed by atoms with Crippen LogP contribution in [0.3, 0.4) is 0 Å². The molecule has 0 radical (unpaired) electrons. The van der Waals surface area contributed by atoms with Crippen LogP contribution in [-0.4, -0.2) is 17.4 Å². The van der Waals surface area contributed by atoms with Crippen molar-refractivity contribution in [3.8, 4) is 0 Å². The van der Waals surface area contributed by atoms with Gasteiger partial charge in [0.15, 0.2) is 5.13 Å². The van der Waals surface area contributed by atoms with Crippen LogP contribution in [0.4, 0.5) is 10.8 Å². The molecule has 5 nitrogen and oxygen atoms in total. The number of nitrogens with one attached hydrogen (secondary N) is 2. The summed E-state index contributed by atoms with van der Waals surface area (Å²) in [5.74, 6) is -0.115. The van der Waals surface area contributed by atoms with Gasteiger partial charge in [0.25, 0.3) is 5.91 Å². The van der Waals surface area contributed by atoms with E-state index < -0.39 is 0 Å². The SMILES string of the molecule is CCCNc1ccccc1C(=O)NCc1csc(N)n1. The van der Waals surface area contributed by atoms with E-state index in [0.29, 0.717) is 17.2 Å². The van der Waals surface area contributed by atoms with Gasteiger partial charge in [0.05, 0.1) is 17.8 Å². The molecule has 0 aliphatic rings. The number of amides is 1. The number of nitrogens with zero attached hydrogens (tertiary/aromatic N) is 1. The van der Waals surface area contributed by atoms with Gasteiger partial charge in [0, 0.05) is 17.6 Å². The quantitative estimate of drug-likeness (QED) is 0.763. The van der Waals surface area contributed by atoms with Crippen molar-refractivity contribution in [3.05, 3.63) is 40.9 Å². The van der Waals surface area contributed by atoms with Gasteiger partial charge in [-0.2, -0.15) is 0 Å². The molecule has 1 amide bonds. The Balaban J connectivity index is 2.01. The first-order valence-corrected chi connectivity index (χ1v) is 7.39. The zero-order valence-electron chi connectivity index (χ0n) is 11.3. The molecule has 0 aliphatic carbocycles. The van der Waals surface area contributed by atoms with E-state index in [1.54, 1.807) is 0 Å². The molecule has 0 saturated carbocycles. The molecule has 2 rings (SSSR count). The smallest absolute Gasteiger partial charge is 0.253 e. The number of nitrogen functional groups attached to an aromatic ring is 1. The molecule has 0 bridgehead atoms. The predicted molar refractivity (Wildman–Crippen MR) is 82.9 cm³/mol. The molecule has 0 spiro atoms. The maximum Gasteiger partial charge on any atom is 0.253 e. The van der Waals surface area contributed by atoms with E-state index in [1.165, 1.54) is 11.3 Å². The van der Waals surface area contributed by atoms with Crippen LogP contribution >= 0.6 is 11.3 Å². The van der Waals surface area contributed by atoms with Crippen molar-refractivity contribution in [1.29, 1.82) is 0 Å². The summed E-state index contributed by atoms with van der Waals surface area (Å²) in [5.41, 5.74) is 7.83. The van der Waals surface area contributed by atoms with E-state index in [-0.39, 0.29) is 5.91 Å². The number of hydrogen-bond donors (Lipinski definition) is 3. The zero-order valence-corrected chi connectivity index (χ0v) is 12.2. The number of benzene rings is 1. The van der Waals surface area contributed by atoms with Gasteiger partial charge in [-0.25, -0.2) is 4.98 Å². The number of hydrogen-bond acceptors (Lipinski definition) is 5. The lowest BCUT2D eigenvalue weighted by Crippen LogP contribution is -2.24. The lowest BCUT2D eigenvalue weighted by atomic mass is 10.1. The minimum absolute atomic E-state index is 0.115. The second-order valence-corrected chi connectivity index (χ2v) is 5.22. The summed E-state index contributed by atoms with van der Waals surface area (Å²) in [6, 6.07) is 7.48. The minimum atomic E-state index is -0.115. The minimum Gasteiger partial charge on any atom is -0.384 e. The molecular formula is C14H18N4OS. The molecule has 1 heterocycles. The number of carbonyl (C=O) groups is 1. The molecule has 20 heavy (non-hydrogen) atoms. The summed E-state index contributed by atoms with van der Waals surface area (Å²) in [6.07, 6.45) is 1.01. The zero-order chi connectivity index (χ0) is 14.4. The third-order valence-corrected chi connectivity index (χ3v) is 3.46. The van der Waals surface area contributed by atoms with Gasteiger partial charge in [-0.15, -0.1) is 11.3 Å². The molecule has 106 valence electrons. The highest BCUT2D eigenvalue weighted by Gasteiger charge is 2.10. The van der Waals surface area contributed by atoms with Crippen molar-refractivity contribution in [3.63, 3.8) is 0 Å². The Labute approximate surface area is 122 Å². The van der Waals surface area contributed by atoms with Crippen LogP contribution in [-0.2, 0) is 6.54 Å². The highest BCUT2D eigenvalue weighted by atomic mass is 32.1. The van der Waals surface area contributed by atoms with Crippen molar-refractivity contribution in [2.24, 2.45) is 0 Å². The summed E-state index contributed by atoms with van der Waals surface area (Å²) in [6.45, 7) is 3.31. The van der Waals surface area contributed by atoms with Crippen LogP contribution in [0, 0.1) is 0 Å². The average molecular weight is 290 g/mol. The average Bonchev–Trinajstić information content (AvgIpc) is 2.88. The summed E-state index contributed by atoms with van der Waals surface area (Å²) < 4.78 is 0. The lowest BCUT2D eigenvalue weighted by Gasteiger charge is -2.11. The van der Waals surface area contributed by atoms with E-state index >= 15 is 0 Å². The van der Waals surface area contributed by atoms with Crippen LogP contribution in [0.1, 0.15) is 29.4 Å². The van der Waals surface area contributed by atoms with Gasteiger partial charge < -0.3 is 16.4 Å². The molecule has 0 atom stereocenters. The molecule has 0 saturated heterocycles. The van der Waals surface area contributed by atoms with Gasteiger partial charge in [-0.3, -0.25) is 4.79 Å². The Hall–Kier alpha value is -2.08. The van der Waals surface area contributed by atoms with Gasteiger partial charge in [-0.05, 0) is 18.6 Å². The Morgan fingerprint density at radius 3 is 2.90 bits per heavy atom. The van der Waals surface area contributed by atoms with Crippen molar-refractivity contribution >= 4 is 28.1 Å². The van der Waals surface area contributed by atoms with Crippen LogP contribution < -0.4 is 16.4 Å². The molecule has 1 aromatic heterocycles. The molecular weight excluding hydrogens is 272 g/mol. The monoisotopic (exact) mass is 290 g/mol. The normalized spacial score (nSPS) is 10.2. The van der Waals surface area contributed by atoms with E-state index in [9.17, 15) is 4.79 Å². The van der Waals surface area contributed by atoms with Crippen molar-refractivity contribution in [1.82, 2.24) is 10.3 Å². The number of rotatable bonds is 6. The second-order valence-electron chi connectivity index (χ2n) is 4.33. The lowest BCUT2D eigenvalue weighted by molar-refractivity contribution is 0.0951. The largest absolute Gasteiger partial charge is 0.384 e. The van der Waals surface area contributed by atoms with E-state index in [4.69, 9.17) is 5.73 Å². The fraction of sp³-hybridized carbons (Fsp3) is 0.286. The third-order valence-electron chi connectivity index (χ3n) is 2.74. The van der Waals surface area contributed by atoms with E-state index in [2.05, 4.69) is 22.5 Å². The first-order valence-electron chi connectivity index (χ1n) is 6.51. The Morgan fingerprint density at radius 1 is 1.40 bits per heavy atom. The fourth-order valence-corrected chi connectivity index (χ4v) is 2.33. The summed E-state index contributed by atoms with van der Waals surface area (Å²) >= 11 is 1.37. The number of para-hydroxylation sites is 1. The second kappa shape index (κ2) is 6.91. The molecule has 6 heteroatoms. The number of aromatic nitrogens is 1. The molecule has 1 aromatic carbocycles. The topological polar surface area (TPSA) is 80.0 Å². The number of nitrogens with two attached hydrogens (primary N) is 1. The van der Waals surface area contributed by atoms with Gasteiger partial charge in [-0.1, -0.05) is 19.1 Å². The maximum atomic E-state index is 12.2. The predicted octanol–water partition coefficient (Wildman–Crippen LogP) is 2.48. The Kier molecular flexibility index (Phi) is 4.95. The highest BCUT2D eigenvalue weighted by Crippen LogP contribution is 2.15. The van der Waals surface area contributed by atoms with Gasteiger partial charge in [0.1, 0.15) is 0 Å². The van der Waals surface area contributed by atoms with Crippen LogP contribution in [0.15, 0.2) is 29.6 Å². The van der Waals surface area contributed by atoms with Crippen molar-refractivity contribution < 1.29 is 4.79 Å². The van der Waals surface area contributed by atoms with Gasteiger partial charge in [0.2, 0.25) is 0 Å². The van der Waals surface area contributed by atoms with Gasteiger partial charge >= 0.3 is 0 Å². The first kappa shape index (κ1) is 14.3. The Morgan fingerprint density at radius 2 is 2.20 bits per heavy atom. The van der Waals surface area contributed by atoms with E-state index in [0.717, 1.165) is 24.3 Å². The Bertz CT molecular complexity index is 582. The van der Waals surface area contributed by atoms with Crippen molar-refractivity contribution in [2.45, 2.75) is 19.9 Å². The summed E-state index contributed by atoms with van der Waals surface area (Å²) in [4.78, 5) is 16.3. The fourth-order valence-electron chi connectivity index (χ4n) is 1.76. The number of carbonyl (C=O) groups excluding carboxylic acids is 1. The highest BCUT2D eigenvalue weighted by molar-refractivity contribution is 7.13. The molecule has 4 N–H and O–H groups in total. The first-order chi connectivity index (χ1) is 9.70. The number of thiazole rings is 1. The molecule has 2 aromatic rings. The van der Waals surface area contributed by atoms with Crippen LogP contribution in [0.25, 0.3) is 0 Å². The van der Waals surface area contributed by atoms with Crippen LogP contribution in [0.5, 0.6) is 0 Å². The van der Waals surface area contributed by atoms with E-state index in [1.807, 2.05) is 29.6 Å². The summed E-state index contributed by atoms with van der Waals surface area (Å²) in [7, 11) is 0. The summed E-state index contributed by atoms with van der Waals surface area (Å²) in [5, 5.41) is 8.46. The molecule has 0 fully saturated rings. The number of anilines is 2. The van der Waals surface area contributed by atoms with Crippen LogP contribution in [0.2, 0.25) is 0 Å².